The molecule has 1 aliphatic rings. The fourth-order valence-electron chi connectivity index (χ4n) is 2.32. The van der Waals surface area contributed by atoms with Crippen LogP contribution in [0.1, 0.15) is 53.6 Å². The second-order valence-corrected chi connectivity index (χ2v) is 5.80. The van der Waals surface area contributed by atoms with E-state index in [0.717, 1.165) is 11.3 Å². The molecule has 0 heterocycles. The quantitative estimate of drug-likeness (QED) is 0.818. The molecular weight excluding hydrogens is 232 g/mol. The lowest BCUT2D eigenvalue weighted by Crippen LogP contribution is -2.12. The number of carboxylic acids is 1. The van der Waals surface area contributed by atoms with Crippen molar-refractivity contribution in [2.24, 2.45) is 0 Å². The molecule has 0 aromatic heterocycles. The largest absolute Gasteiger partial charge is 0.478 e. The SMILES string of the molecule is CCSc1c(C2CCC2)ccc(C(=O)O)c1C. The van der Waals surface area contributed by atoms with Gasteiger partial charge in [0, 0.05) is 4.90 Å². The summed E-state index contributed by atoms with van der Waals surface area (Å²) in [6.07, 6.45) is 3.81. The van der Waals surface area contributed by atoms with Crippen LogP contribution >= 0.6 is 11.8 Å². The van der Waals surface area contributed by atoms with Gasteiger partial charge in [0.05, 0.1) is 5.56 Å². The van der Waals surface area contributed by atoms with Gasteiger partial charge < -0.3 is 5.11 Å². The van der Waals surface area contributed by atoms with Crippen LogP contribution in [0.5, 0.6) is 0 Å². The monoisotopic (exact) mass is 250 g/mol. The van der Waals surface area contributed by atoms with E-state index in [4.69, 9.17) is 5.11 Å². The third-order valence-corrected chi connectivity index (χ3v) is 4.62. The molecule has 1 fully saturated rings. The van der Waals surface area contributed by atoms with Crippen molar-refractivity contribution in [2.45, 2.75) is 43.9 Å². The fourth-order valence-corrected chi connectivity index (χ4v) is 3.34. The molecule has 0 aliphatic heterocycles. The van der Waals surface area contributed by atoms with E-state index in [1.54, 1.807) is 17.8 Å². The molecule has 0 saturated heterocycles. The van der Waals surface area contributed by atoms with Gasteiger partial charge in [0.1, 0.15) is 0 Å². The summed E-state index contributed by atoms with van der Waals surface area (Å²) in [7, 11) is 0. The maximum atomic E-state index is 11.1. The van der Waals surface area contributed by atoms with Gasteiger partial charge in [0.2, 0.25) is 0 Å². The highest BCUT2D eigenvalue weighted by Gasteiger charge is 2.24. The Kier molecular flexibility index (Phi) is 3.77. The summed E-state index contributed by atoms with van der Waals surface area (Å²) in [4.78, 5) is 12.3. The van der Waals surface area contributed by atoms with E-state index in [2.05, 4.69) is 6.92 Å². The van der Waals surface area contributed by atoms with Crippen LogP contribution in [0.3, 0.4) is 0 Å². The van der Waals surface area contributed by atoms with E-state index < -0.39 is 5.97 Å². The molecule has 17 heavy (non-hydrogen) atoms. The molecule has 0 atom stereocenters. The summed E-state index contributed by atoms with van der Waals surface area (Å²) in [5.74, 6) is 0.829. The lowest BCUT2D eigenvalue weighted by atomic mass is 9.79. The van der Waals surface area contributed by atoms with E-state index in [9.17, 15) is 4.79 Å². The molecule has 1 saturated carbocycles. The molecule has 2 nitrogen and oxygen atoms in total. The Bertz CT molecular complexity index is 436. The van der Waals surface area contributed by atoms with Crippen LogP contribution in [0, 0.1) is 6.92 Å². The van der Waals surface area contributed by atoms with Crippen molar-refractivity contribution >= 4 is 17.7 Å². The predicted octanol–water partition coefficient (Wildman–Crippen LogP) is 4.07. The van der Waals surface area contributed by atoms with E-state index in [0.29, 0.717) is 11.5 Å². The van der Waals surface area contributed by atoms with Gasteiger partial charge in [-0.1, -0.05) is 19.4 Å². The summed E-state index contributed by atoms with van der Waals surface area (Å²) < 4.78 is 0. The number of benzene rings is 1. The number of rotatable bonds is 4. The molecule has 0 unspecified atom stereocenters. The highest BCUT2D eigenvalue weighted by atomic mass is 32.2. The Balaban J connectivity index is 2.45. The Morgan fingerprint density at radius 2 is 2.18 bits per heavy atom. The van der Waals surface area contributed by atoms with Crippen molar-refractivity contribution in [1.29, 1.82) is 0 Å². The zero-order valence-electron chi connectivity index (χ0n) is 10.3. The summed E-state index contributed by atoms with van der Waals surface area (Å²) in [6.45, 7) is 4.05. The van der Waals surface area contributed by atoms with Crippen molar-refractivity contribution in [1.82, 2.24) is 0 Å². The smallest absolute Gasteiger partial charge is 0.335 e. The van der Waals surface area contributed by atoms with Crippen LogP contribution in [0.2, 0.25) is 0 Å². The van der Waals surface area contributed by atoms with Crippen molar-refractivity contribution in [3.8, 4) is 0 Å². The molecule has 1 N–H and O–H groups in total. The van der Waals surface area contributed by atoms with E-state index in [-0.39, 0.29) is 0 Å². The first kappa shape index (κ1) is 12.5. The zero-order chi connectivity index (χ0) is 12.4. The third kappa shape index (κ3) is 2.34. The van der Waals surface area contributed by atoms with Crippen LogP contribution in [-0.4, -0.2) is 16.8 Å². The molecule has 1 aromatic rings. The molecule has 0 spiro atoms. The molecule has 1 aromatic carbocycles. The van der Waals surface area contributed by atoms with E-state index in [1.165, 1.54) is 29.7 Å². The molecule has 3 heteroatoms. The minimum atomic E-state index is -0.819. The van der Waals surface area contributed by atoms with E-state index in [1.807, 2.05) is 13.0 Å². The topological polar surface area (TPSA) is 37.3 Å². The number of hydrogen-bond donors (Lipinski definition) is 1. The van der Waals surface area contributed by atoms with Crippen LogP contribution < -0.4 is 0 Å². The highest BCUT2D eigenvalue weighted by Crippen LogP contribution is 2.42. The lowest BCUT2D eigenvalue weighted by Gasteiger charge is -2.28. The zero-order valence-corrected chi connectivity index (χ0v) is 11.1. The maximum absolute atomic E-state index is 11.1. The summed E-state index contributed by atoms with van der Waals surface area (Å²) in [5.41, 5.74) is 2.75. The van der Waals surface area contributed by atoms with Crippen LogP contribution in [0.25, 0.3) is 0 Å². The number of aromatic carboxylic acids is 1. The first-order valence-electron chi connectivity index (χ1n) is 6.14. The standard InChI is InChI=1S/C14H18O2S/c1-3-17-13-9(2)11(14(15)16)7-8-12(13)10-5-4-6-10/h7-8,10H,3-6H2,1-2H3,(H,15,16). The molecule has 92 valence electrons. The Morgan fingerprint density at radius 1 is 1.47 bits per heavy atom. The van der Waals surface area contributed by atoms with Gasteiger partial charge in [-0.15, -0.1) is 11.8 Å². The molecule has 0 radical (unpaired) electrons. The molecule has 0 amide bonds. The van der Waals surface area contributed by atoms with Crippen LogP contribution in [0.4, 0.5) is 0 Å². The number of carboxylic acid groups (broad SMARTS) is 1. The maximum Gasteiger partial charge on any atom is 0.335 e. The van der Waals surface area contributed by atoms with Gasteiger partial charge in [-0.3, -0.25) is 0 Å². The van der Waals surface area contributed by atoms with Gasteiger partial charge in [0.25, 0.3) is 0 Å². The van der Waals surface area contributed by atoms with Gasteiger partial charge in [-0.2, -0.15) is 0 Å². The second kappa shape index (κ2) is 5.13. The molecule has 2 rings (SSSR count). The fraction of sp³-hybridized carbons (Fsp3) is 0.500. The average molecular weight is 250 g/mol. The normalized spacial score (nSPS) is 15.6. The average Bonchev–Trinajstić information content (AvgIpc) is 2.20. The molecular formula is C14H18O2S. The predicted molar refractivity (Wildman–Crippen MR) is 71.1 cm³/mol. The first-order valence-corrected chi connectivity index (χ1v) is 7.13. The molecule has 0 bridgehead atoms. The summed E-state index contributed by atoms with van der Waals surface area (Å²) >= 11 is 1.77. The van der Waals surface area contributed by atoms with Crippen molar-refractivity contribution in [2.75, 3.05) is 5.75 Å². The first-order chi connectivity index (χ1) is 8.15. The number of carbonyl (C=O) groups is 1. The van der Waals surface area contributed by atoms with Gasteiger partial charge >= 0.3 is 5.97 Å². The number of hydrogen-bond acceptors (Lipinski definition) is 2. The second-order valence-electron chi connectivity index (χ2n) is 4.52. The Labute approximate surface area is 106 Å². The van der Waals surface area contributed by atoms with Gasteiger partial charge in [-0.05, 0) is 48.6 Å². The summed E-state index contributed by atoms with van der Waals surface area (Å²) in [6, 6.07) is 3.79. The van der Waals surface area contributed by atoms with Crippen LogP contribution in [-0.2, 0) is 0 Å². The molecule has 1 aliphatic carbocycles. The van der Waals surface area contributed by atoms with E-state index >= 15 is 0 Å². The van der Waals surface area contributed by atoms with Crippen molar-refractivity contribution in [3.63, 3.8) is 0 Å². The third-order valence-electron chi connectivity index (χ3n) is 3.50. The minimum absolute atomic E-state index is 0.448. The Morgan fingerprint density at radius 3 is 2.65 bits per heavy atom. The minimum Gasteiger partial charge on any atom is -0.478 e. The van der Waals surface area contributed by atoms with Gasteiger partial charge in [-0.25, -0.2) is 4.79 Å². The highest BCUT2D eigenvalue weighted by molar-refractivity contribution is 7.99. The van der Waals surface area contributed by atoms with Gasteiger partial charge in [0.15, 0.2) is 0 Å². The lowest BCUT2D eigenvalue weighted by molar-refractivity contribution is 0.0695. The summed E-state index contributed by atoms with van der Waals surface area (Å²) in [5, 5.41) is 9.15. The Hall–Kier alpha value is -0.960. The van der Waals surface area contributed by atoms with Crippen molar-refractivity contribution in [3.05, 3.63) is 28.8 Å². The number of thioether (sulfide) groups is 1. The van der Waals surface area contributed by atoms with Crippen LogP contribution in [0.15, 0.2) is 17.0 Å². The van der Waals surface area contributed by atoms with Crippen molar-refractivity contribution < 1.29 is 9.90 Å².